The van der Waals surface area contributed by atoms with Crippen LogP contribution in [0.2, 0.25) is 19.6 Å². The Labute approximate surface area is 142 Å². The van der Waals surface area contributed by atoms with E-state index in [1.54, 1.807) is 27.7 Å². The van der Waals surface area contributed by atoms with Gasteiger partial charge >= 0.3 is 12.1 Å². The molecule has 0 aromatic heterocycles. The summed E-state index contributed by atoms with van der Waals surface area (Å²) in [4.78, 5) is 24.4. The molecule has 0 aliphatic carbocycles. The van der Waals surface area contributed by atoms with Crippen LogP contribution in [0.4, 0.5) is 4.79 Å². The number of allylic oxidation sites excluding steroid dienone is 1. The summed E-state index contributed by atoms with van der Waals surface area (Å²) in [5.41, 5.74) is 1.34. The molecule has 0 aliphatic rings. The molecule has 0 unspecified atom stereocenters. The molecule has 6 nitrogen and oxygen atoms in total. The van der Waals surface area contributed by atoms with Crippen LogP contribution in [0, 0.1) is 0 Å². The highest BCUT2D eigenvalue weighted by Crippen LogP contribution is 2.12. The number of amides is 1. The number of hydrogen-bond donors (Lipinski definition) is 1. The zero-order chi connectivity index (χ0) is 18.4. The van der Waals surface area contributed by atoms with Crippen molar-refractivity contribution in [3.8, 4) is 0 Å². The van der Waals surface area contributed by atoms with Gasteiger partial charge in [0.1, 0.15) is 11.6 Å². The smallest absolute Gasteiger partial charge is 0.408 e. The lowest BCUT2D eigenvalue weighted by atomic mass is 10.2. The first-order valence-electron chi connectivity index (χ1n) is 7.40. The second kappa shape index (κ2) is 8.63. The van der Waals surface area contributed by atoms with Crippen molar-refractivity contribution < 1.29 is 23.3 Å². The maximum atomic E-state index is 12.4. The van der Waals surface area contributed by atoms with Gasteiger partial charge in [0.25, 0.3) is 0 Å². The number of esters is 1. The zero-order valence-electron chi connectivity index (χ0n) is 15.3. The van der Waals surface area contributed by atoms with E-state index in [0.717, 1.165) is 0 Å². The zero-order valence-corrected chi connectivity index (χ0v) is 17.1. The topological polar surface area (TPSA) is 81.7 Å². The highest BCUT2D eigenvalue weighted by Gasteiger charge is 2.27. The molecule has 0 bridgehead atoms. The minimum Gasteiger partial charge on any atom is -0.467 e. The number of alkyl carbamates (subject to hydrolysis) is 1. The fraction of sp³-hybridized carbons (Fsp3) is 0.733. The molecule has 23 heavy (non-hydrogen) atoms. The minimum absolute atomic E-state index is 0.0429. The van der Waals surface area contributed by atoms with E-state index in [4.69, 9.17) is 4.74 Å². The van der Waals surface area contributed by atoms with E-state index < -0.39 is 42.6 Å². The van der Waals surface area contributed by atoms with Crippen molar-refractivity contribution in [2.45, 2.75) is 59.0 Å². The first-order valence-corrected chi connectivity index (χ1v) is 12.3. The van der Waals surface area contributed by atoms with Crippen LogP contribution in [0.1, 0.15) is 27.7 Å². The highest BCUT2D eigenvalue weighted by atomic mass is 32.2. The van der Waals surface area contributed by atoms with Crippen molar-refractivity contribution in [3.63, 3.8) is 0 Å². The quantitative estimate of drug-likeness (QED) is 0.579. The number of methoxy groups -OCH3 is 1. The van der Waals surface area contributed by atoms with Crippen molar-refractivity contribution >= 4 is 30.9 Å². The number of nitrogens with one attached hydrogen (secondary N) is 1. The predicted molar refractivity (Wildman–Crippen MR) is 95.3 cm³/mol. The Balaban J connectivity index is 5.01. The average molecular weight is 364 g/mol. The van der Waals surface area contributed by atoms with Gasteiger partial charge in [-0.15, -0.1) is 0 Å². The lowest BCUT2D eigenvalue weighted by Crippen LogP contribution is -2.47. The summed E-state index contributed by atoms with van der Waals surface area (Å²) in [6, 6.07) is -1.01. The summed E-state index contributed by atoms with van der Waals surface area (Å²) < 4.78 is 22.2. The van der Waals surface area contributed by atoms with E-state index in [1.165, 1.54) is 7.11 Å². The predicted octanol–water partition coefficient (Wildman–Crippen LogP) is 2.58. The van der Waals surface area contributed by atoms with E-state index >= 15 is 0 Å². The van der Waals surface area contributed by atoms with Gasteiger partial charge in [0, 0.05) is 4.91 Å². The van der Waals surface area contributed by atoms with Crippen molar-refractivity contribution in [3.05, 3.63) is 10.6 Å². The van der Waals surface area contributed by atoms with Crippen LogP contribution in [-0.2, 0) is 25.1 Å². The fourth-order valence-electron chi connectivity index (χ4n) is 1.72. The molecule has 8 heteroatoms. The Bertz CT molecular complexity index is 491. The van der Waals surface area contributed by atoms with Crippen molar-refractivity contribution in [1.29, 1.82) is 0 Å². The SMILES string of the molecule is COC(=O)[C@H](C[S@](=O)/C(C)=C/[Si](C)(C)C)NC(=O)OC(C)(C)C. The van der Waals surface area contributed by atoms with Crippen molar-refractivity contribution in [2.24, 2.45) is 0 Å². The summed E-state index contributed by atoms with van der Waals surface area (Å²) in [5.74, 6) is -0.691. The molecule has 134 valence electrons. The van der Waals surface area contributed by atoms with Crippen molar-refractivity contribution in [2.75, 3.05) is 12.9 Å². The van der Waals surface area contributed by atoms with E-state index in [2.05, 4.69) is 29.7 Å². The number of rotatable bonds is 6. The first kappa shape index (κ1) is 21.8. The molecule has 0 radical (unpaired) electrons. The Morgan fingerprint density at radius 1 is 1.26 bits per heavy atom. The molecule has 1 amide bonds. The van der Waals surface area contributed by atoms with Gasteiger partial charge in [-0.05, 0) is 27.7 Å². The molecule has 1 N–H and O–H groups in total. The summed E-state index contributed by atoms with van der Waals surface area (Å²) in [6.07, 6.45) is -0.739. The second-order valence-corrected chi connectivity index (χ2v) is 14.0. The van der Waals surface area contributed by atoms with E-state index in [9.17, 15) is 13.8 Å². The number of carbonyl (C=O) groups excluding carboxylic acids is 2. The first-order chi connectivity index (χ1) is 10.2. The summed E-state index contributed by atoms with van der Waals surface area (Å²) >= 11 is 0. The molecule has 0 fully saturated rings. The van der Waals surface area contributed by atoms with E-state index in [1.807, 2.05) is 5.70 Å². The standard InChI is InChI=1S/C15H29NO5SSi/c1-11(10-23(6,7)8)22(19)9-12(13(17)20-5)16-14(18)21-15(2,3)4/h10,12H,9H2,1-8H3,(H,16,18)/b11-10+/t12-,22-/m0/s1. The van der Waals surface area contributed by atoms with Crippen LogP contribution < -0.4 is 5.32 Å². The average Bonchev–Trinajstić information content (AvgIpc) is 2.32. The number of hydrogen-bond acceptors (Lipinski definition) is 5. The van der Waals surface area contributed by atoms with Gasteiger partial charge in [-0.1, -0.05) is 25.3 Å². The molecule has 0 spiro atoms. The van der Waals surface area contributed by atoms with Crippen LogP contribution in [0.3, 0.4) is 0 Å². The maximum Gasteiger partial charge on any atom is 0.408 e. The third-order valence-electron chi connectivity index (χ3n) is 2.49. The van der Waals surface area contributed by atoms with Gasteiger partial charge in [-0.2, -0.15) is 0 Å². The molecule has 0 aliphatic heterocycles. The van der Waals surface area contributed by atoms with Crippen LogP contribution in [0.5, 0.6) is 0 Å². The molecule has 0 heterocycles. The van der Waals surface area contributed by atoms with Gasteiger partial charge in [0.2, 0.25) is 0 Å². The highest BCUT2D eigenvalue weighted by molar-refractivity contribution is 7.89. The molecule has 2 atom stereocenters. The fourth-order valence-corrected chi connectivity index (χ4v) is 5.31. The van der Waals surface area contributed by atoms with E-state index in [-0.39, 0.29) is 5.75 Å². The third-order valence-corrected chi connectivity index (χ3v) is 5.47. The summed E-state index contributed by atoms with van der Waals surface area (Å²) in [5, 5.41) is 2.43. The molecule has 0 saturated heterocycles. The monoisotopic (exact) mass is 363 g/mol. The molecular weight excluding hydrogens is 334 g/mol. The van der Waals surface area contributed by atoms with Crippen molar-refractivity contribution in [1.82, 2.24) is 5.32 Å². The van der Waals surface area contributed by atoms with Crippen LogP contribution >= 0.6 is 0 Å². The number of carbonyl (C=O) groups is 2. The summed E-state index contributed by atoms with van der Waals surface area (Å²) in [7, 11) is -1.67. The Kier molecular flexibility index (Phi) is 8.20. The Hall–Kier alpha value is -1.15. The van der Waals surface area contributed by atoms with Crippen LogP contribution in [0.15, 0.2) is 10.6 Å². The van der Waals surface area contributed by atoms with Gasteiger partial charge in [0.15, 0.2) is 0 Å². The minimum atomic E-state index is -1.52. The molecule has 0 aromatic rings. The second-order valence-electron chi connectivity index (χ2n) is 7.36. The van der Waals surface area contributed by atoms with Crippen LogP contribution in [-0.4, -0.2) is 48.9 Å². The lowest BCUT2D eigenvalue weighted by Gasteiger charge is -2.22. The number of ether oxygens (including phenoxy) is 2. The Morgan fingerprint density at radius 2 is 1.78 bits per heavy atom. The molecule has 0 aromatic carbocycles. The van der Waals surface area contributed by atoms with Gasteiger partial charge in [-0.25, -0.2) is 9.59 Å². The maximum absolute atomic E-state index is 12.4. The van der Waals surface area contributed by atoms with Gasteiger partial charge in [-0.3, -0.25) is 4.21 Å². The molecule has 0 rings (SSSR count). The normalized spacial score (nSPS) is 15.6. The lowest BCUT2D eigenvalue weighted by molar-refractivity contribution is -0.142. The largest absolute Gasteiger partial charge is 0.467 e. The van der Waals surface area contributed by atoms with Gasteiger partial charge in [0.05, 0.1) is 31.7 Å². The van der Waals surface area contributed by atoms with Gasteiger partial charge < -0.3 is 14.8 Å². The molecular formula is C15H29NO5SSi. The van der Waals surface area contributed by atoms with E-state index in [0.29, 0.717) is 4.91 Å². The Morgan fingerprint density at radius 3 is 2.17 bits per heavy atom. The summed E-state index contributed by atoms with van der Waals surface area (Å²) in [6.45, 7) is 13.3. The van der Waals surface area contributed by atoms with Crippen LogP contribution in [0.25, 0.3) is 0 Å². The third kappa shape index (κ3) is 10.3. The molecule has 0 saturated carbocycles.